The molecule has 2 fully saturated rings. The molecule has 0 bridgehead atoms. The van der Waals surface area contributed by atoms with Gasteiger partial charge in [0.1, 0.15) is 6.04 Å². The molecule has 162 valence electrons. The summed E-state index contributed by atoms with van der Waals surface area (Å²) in [5.74, 6) is -1.000. The number of rotatable bonds is 6. The molecule has 4 amide bonds. The molecule has 2 heterocycles. The molecule has 3 rings (SSSR count). The van der Waals surface area contributed by atoms with Crippen LogP contribution in [0.4, 0.5) is 5.69 Å². The maximum Gasteiger partial charge on any atom is 0.243 e. The van der Waals surface area contributed by atoms with Gasteiger partial charge < -0.3 is 20.4 Å². The van der Waals surface area contributed by atoms with E-state index in [0.29, 0.717) is 55.0 Å². The number of amides is 4. The van der Waals surface area contributed by atoms with Crippen LogP contribution in [0.3, 0.4) is 0 Å². The van der Waals surface area contributed by atoms with Gasteiger partial charge in [-0.1, -0.05) is 23.2 Å². The van der Waals surface area contributed by atoms with Crippen LogP contribution in [0.2, 0.25) is 10.0 Å². The summed E-state index contributed by atoms with van der Waals surface area (Å²) in [5.41, 5.74) is 0.416. The van der Waals surface area contributed by atoms with Gasteiger partial charge >= 0.3 is 0 Å². The smallest absolute Gasteiger partial charge is 0.243 e. The van der Waals surface area contributed by atoms with Gasteiger partial charge in [-0.3, -0.25) is 24.1 Å². The predicted molar refractivity (Wildman–Crippen MR) is 112 cm³/mol. The second-order valence-electron chi connectivity index (χ2n) is 7.22. The molecular formula is C19H23Cl2N5O4. The molecule has 30 heavy (non-hydrogen) atoms. The van der Waals surface area contributed by atoms with Gasteiger partial charge in [-0.25, -0.2) is 0 Å². The number of piperazine rings is 2. The maximum atomic E-state index is 12.9. The molecule has 0 aromatic heterocycles. The lowest BCUT2D eigenvalue weighted by Crippen LogP contribution is -2.60. The standard InChI is InChI=1S/C19H23Cl2N5O4/c20-13-7-14(21)9-15(8-13)23-17(28)10-16-19(30)22-1-2-26(16)18(29)11-24-3-5-25(12-27)6-4-24/h7-9,12,16H,1-6,10-11H2,(H,22,30)(H,23,28)/t16-/m1/s1. The summed E-state index contributed by atoms with van der Waals surface area (Å²) < 4.78 is 0. The highest BCUT2D eigenvalue weighted by Gasteiger charge is 2.35. The highest BCUT2D eigenvalue weighted by molar-refractivity contribution is 6.35. The van der Waals surface area contributed by atoms with Crippen molar-refractivity contribution in [2.45, 2.75) is 12.5 Å². The molecule has 0 aliphatic carbocycles. The summed E-state index contributed by atoms with van der Waals surface area (Å²) in [6.07, 6.45) is 0.622. The molecular weight excluding hydrogens is 433 g/mol. The molecule has 1 atom stereocenters. The first-order valence-electron chi connectivity index (χ1n) is 9.60. The second kappa shape index (κ2) is 10.1. The molecule has 11 heteroatoms. The topological polar surface area (TPSA) is 102 Å². The minimum Gasteiger partial charge on any atom is -0.353 e. The third-order valence-electron chi connectivity index (χ3n) is 5.09. The fraction of sp³-hybridized carbons (Fsp3) is 0.474. The van der Waals surface area contributed by atoms with E-state index in [1.54, 1.807) is 23.1 Å². The van der Waals surface area contributed by atoms with Gasteiger partial charge in [0.05, 0.1) is 13.0 Å². The average Bonchev–Trinajstić information content (AvgIpc) is 2.69. The van der Waals surface area contributed by atoms with Crippen molar-refractivity contribution in [2.24, 2.45) is 0 Å². The normalized spacial score (nSPS) is 19.9. The van der Waals surface area contributed by atoms with Gasteiger partial charge in [0.25, 0.3) is 0 Å². The summed E-state index contributed by atoms with van der Waals surface area (Å²) in [5, 5.41) is 6.13. The van der Waals surface area contributed by atoms with Gasteiger partial charge in [-0.2, -0.15) is 0 Å². The number of nitrogens with zero attached hydrogens (tertiary/aromatic N) is 3. The highest BCUT2D eigenvalue weighted by atomic mass is 35.5. The van der Waals surface area contributed by atoms with Crippen molar-refractivity contribution in [3.63, 3.8) is 0 Å². The maximum absolute atomic E-state index is 12.9. The van der Waals surface area contributed by atoms with Crippen LogP contribution in [-0.4, -0.2) is 90.7 Å². The average molecular weight is 456 g/mol. The second-order valence-corrected chi connectivity index (χ2v) is 8.09. The van der Waals surface area contributed by atoms with Gasteiger partial charge in [0, 0.05) is 55.0 Å². The van der Waals surface area contributed by atoms with E-state index >= 15 is 0 Å². The SMILES string of the molecule is O=CN1CCN(CC(=O)N2CCNC(=O)[C@H]2CC(=O)Nc2cc(Cl)cc(Cl)c2)CC1. The number of hydrogen-bond acceptors (Lipinski definition) is 5. The van der Waals surface area contributed by atoms with Crippen LogP contribution in [-0.2, 0) is 19.2 Å². The van der Waals surface area contributed by atoms with E-state index in [4.69, 9.17) is 23.2 Å². The number of carbonyl (C=O) groups is 4. The first-order valence-corrected chi connectivity index (χ1v) is 10.4. The number of nitrogens with one attached hydrogen (secondary N) is 2. The molecule has 0 saturated carbocycles. The lowest BCUT2D eigenvalue weighted by atomic mass is 10.1. The lowest BCUT2D eigenvalue weighted by molar-refractivity contribution is -0.145. The Kier molecular flexibility index (Phi) is 7.52. The summed E-state index contributed by atoms with van der Waals surface area (Å²) in [7, 11) is 0. The van der Waals surface area contributed by atoms with E-state index in [2.05, 4.69) is 10.6 Å². The third kappa shape index (κ3) is 5.84. The van der Waals surface area contributed by atoms with Crippen LogP contribution in [0.5, 0.6) is 0 Å². The van der Waals surface area contributed by atoms with E-state index in [0.717, 1.165) is 6.41 Å². The fourth-order valence-electron chi connectivity index (χ4n) is 3.54. The van der Waals surface area contributed by atoms with E-state index < -0.39 is 11.9 Å². The number of anilines is 1. The molecule has 0 spiro atoms. The Hall–Kier alpha value is -2.36. The van der Waals surface area contributed by atoms with Crippen LogP contribution >= 0.6 is 23.2 Å². The monoisotopic (exact) mass is 455 g/mol. The number of benzene rings is 1. The summed E-state index contributed by atoms with van der Waals surface area (Å²) in [6.45, 7) is 3.11. The van der Waals surface area contributed by atoms with Crippen LogP contribution in [0.25, 0.3) is 0 Å². The molecule has 0 radical (unpaired) electrons. The van der Waals surface area contributed by atoms with Gasteiger partial charge in [0.15, 0.2) is 0 Å². The van der Waals surface area contributed by atoms with Gasteiger partial charge in [-0.05, 0) is 18.2 Å². The Morgan fingerprint density at radius 2 is 1.77 bits per heavy atom. The molecule has 2 N–H and O–H groups in total. The Morgan fingerprint density at radius 1 is 1.10 bits per heavy atom. The molecule has 1 aromatic carbocycles. The van der Waals surface area contributed by atoms with E-state index in [9.17, 15) is 19.2 Å². The number of carbonyl (C=O) groups excluding carboxylic acids is 4. The van der Waals surface area contributed by atoms with Crippen LogP contribution in [0.15, 0.2) is 18.2 Å². The Morgan fingerprint density at radius 3 is 2.40 bits per heavy atom. The summed E-state index contributed by atoms with van der Waals surface area (Å²) >= 11 is 11.9. The van der Waals surface area contributed by atoms with E-state index in [-0.39, 0.29) is 24.8 Å². The molecule has 1 aromatic rings. The van der Waals surface area contributed by atoms with Crippen LogP contribution < -0.4 is 10.6 Å². The lowest BCUT2D eigenvalue weighted by Gasteiger charge is -2.37. The van der Waals surface area contributed by atoms with Crippen molar-refractivity contribution >= 4 is 53.0 Å². The zero-order chi connectivity index (χ0) is 21.7. The summed E-state index contributed by atoms with van der Waals surface area (Å²) in [4.78, 5) is 53.6. The molecule has 0 unspecified atom stereocenters. The predicted octanol–water partition coefficient (Wildman–Crippen LogP) is 0.423. The van der Waals surface area contributed by atoms with E-state index in [1.807, 2.05) is 4.90 Å². The van der Waals surface area contributed by atoms with Crippen molar-refractivity contribution in [1.82, 2.24) is 20.0 Å². The van der Waals surface area contributed by atoms with Gasteiger partial charge in [0.2, 0.25) is 24.1 Å². The molecule has 2 aliphatic rings. The molecule has 9 nitrogen and oxygen atoms in total. The van der Waals surface area contributed by atoms with Crippen LogP contribution in [0.1, 0.15) is 6.42 Å². The summed E-state index contributed by atoms with van der Waals surface area (Å²) in [6, 6.07) is 3.75. The minimum atomic E-state index is -0.892. The largest absolute Gasteiger partial charge is 0.353 e. The third-order valence-corrected chi connectivity index (χ3v) is 5.53. The van der Waals surface area contributed by atoms with Crippen molar-refractivity contribution in [3.05, 3.63) is 28.2 Å². The first kappa shape index (κ1) is 22.3. The zero-order valence-corrected chi connectivity index (χ0v) is 17.8. The quantitative estimate of drug-likeness (QED) is 0.605. The number of halogens is 2. The minimum absolute atomic E-state index is 0.141. The number of hydrogen-bond donors (Lipinski definition) is 2. The van der Waals surface area contributed by atoms with Crippen molar-refractivity contribution in [1.29, 1.82) is 0 Å². The van der Waals surface area contributed by atoms with Crippen molar-refractivity contribution < 1.29 is 19.2 Å². The Labute approximate surface area is 184 Å². The first-order chi connectivity index (χ1) is 14.4. The van der Waals surface area contributed by atoms with E-state index in [1.165, 1.54) is 4.90 Å². The molecule has 2 saturated heterocycles. The Bertz CT molecular complexity index is 809. The molecule has 2 aliphatic heterocycles. The van der Waals surface area contributed by atoms with Crippen LogP contribution in [0, 0.1) is 0 Å². The zero-order valence-electron chi connectivity index (χ0n) is 16.3. The van der Waals surface area contributed by atoms with Crippen molar-refractivity contribution in [2.75, 3.05) is 51.1 Å². The van der Waals surface area contributed by atoms with Gasteiger partial charge in [-0.15, -0.1) is 0 Å². The fourth-order valence-corrected chi connectivity index (χ4v) is 4.06. The highest BCUT2D eigenvalue weighted by Crippen LogP contribution is 2.23. The van der Waals surface area contributed by atoms with Crippen molar-refractivity contribution in [3.8, 4) is 0 Å². The Balaban J connectivity index is 1.61.